The molecule has 2 amide bonds. The Hall–Kier alpha value is -2.34. The Morgan fingerprint density at radius 1 is 1.24 bits per heavy atom. The number of carbonyl (C=O) groups is 2. The number of rotatable bonds is 4. The van der Waals surface area contributed by atoms with Gasteiger partial charge in [-0.1, -0.05) is 17.7 Å². The molecule has 0 radical (unpaired) electrons. The number of benzene rings is 1. The van der Waals surface area contributed by atoms with Gasteiger partial charge >= 0.3 is 0 Å². The van der Waals surface area contributed by atoms with Gasteiger partial charge in [-0.3, -0.25) is 9.59 Å². The number of halogens is 2. The van der Waals surface area contributed by atoms with Crippen LogP contribution in [0.15, 0.2) is 41.0 Å². The lowest BCUT2D eigenvalue weighted by atomic mass is 9.95. The molecule has 2 heterocycles. The number of hydrogen-bond donors (Lipinski definition) is 1. The van der Waals surface area contributed by atoms with Crippen LogP contribution in [-0.2, 0) is 11.3 Å². The number of nitrogens with zero attached hydrogens (tertiary/aromatic N) is 1. The Morgan fingerprint density at radius 3 is 2.64 bits per heavy atom. The fourth-order valence-electron chi connectivity index (χ4n) is 2.94. The average Bonchev–Trinajstić information content (AvgIpc) is 3.13. The molecule has 1 aromatic heterocycles. The first kappa shape index (κ1) is 17.5. The van der Waals surface area contributed by atoms with Crippen molar-refractivity contribution >= 4 is 23.4 Å². The summed E-state index contributed by atoms with van der Waals surface area (Å²) >= 11 is 5.95. The standard InChI is InChI=1S/C18H18ClFN2O3/c19-14-4-1-5-15(20)16(14)18(24)22-8-6-12(7-9-22)17(23)21-11-13-3-2-10-25-13/h1-5,10,12H,6-9,11H2,(H,21,23). The smallest absolute Gasteiger partial charge is 0.258 e. The molecule has 1 aromatic carbocycles. The van der Waals surface area contributed by atoms with Crippen LogP contribution in [0.4, 0.5) is 4.39 Å². The summed E-state index contributed by atoms with van der Waals surface area (Å²) in [5.74, 6) is -0.606. The fourth-order valence-corrected chi connectivity index (χ4v) is 3.18. The highest BCUT2D eigenvalue weighted by molar-refractivity contribution is 6.33. The van der Waals surface area contributed by atoms with Crippen molar-refractivity contribution in [1.29, 1.82) is 0 Å². The SMILES string of the molecule is O=C(NCc1ccco1)C1CCN(C(=O)c2c(F)cccc2Cl)CC1. The van der Waals surface area contributed by atoms with E-state index in [1.54, 1.807) is 23.3 Å². The summed E-state index contributed by atoms with van der Waals surface area (Å²) < 4.78 is 19.1. The fraction of sp³-hybridized carbons (Fsp3) is 0.333. The van der Waals surface area contributed by atoms with Crippen LogP contribution in [0.2, 0.25) is 5.02 Å². The lowest BCUT2D eigenvalue weighted by Crippen LogP contribution is -2.43. The molecule has 2 aromatic rings. The molecule has 0 bridgehead atoms. The summed E-state index contributed by atoms with van der Waals surface area (Å²) in [4.78, 5) is 26.2. The number of furan rings is 1. The predicted octanol–water partition coefficient (Wildman–Crippen LogP) is 3.24. The van der Waals surface area contributed by atoms with E-state index in [1.165, 1.54) is 18.2 Å². The third-order valence-electron chi connectivity index (χ3n) is 4.35. The van der Waals surface area contributed by atoms with Crippen LogP contribution in [0.1, 0.15) is 29.0 Å². The van der Waals surface area contributed by atoms with Crippen LogP contribution in [0.25, 0.3) is 0 Å². The van der Waals surface area contributed by atoms with Crippen molar-refractivity contribution in [3.05, 3.63) is 58.8 Å². The zero-order valence-corrected chi connectivity index (χ0v) is 14.3. The van der Waals surface area contributed by atoms with Gasteiger partial charge in [0.05, 0.1) is 23.4 Å². The minimum absolute atomic E-state index is 0.0626. The van der Waals surface area contributed by atoms with Gasteiger partial charge in [-0.05, 0) is 37.1 Å². The topological polar surface area (TPSA) is 62.6 Å². The molecule has 7 heteroatoms. The molecule has 1 fully saturated rings. The van der Waals surface area contributed by atoms with E-state index in [4.69, 9.17) is 16.0 Å². The molecule has 0 saturated carbocycles. The summed E-state index contributed by atoms with van der Waals surface area (Å²) in [6.45, 7) is 1.13. The van der Waals surface area contributed by atoms with E-state index in [9.17, 15) is 14.0 Å². The van der Waals surface area contributed by atoms with E-state index in [-0.39, 0.29) is 22.4 Å². The van der Waals surface area contributed by atoms with Crippen LogP contribution in [0.5, 0.6) is 0 Å². The summed E-state index contributed by atoms with van der Waals surface area (Å²) in [7, 11) is 0. The Balaban J connectivity index is 1.54. The Kier molecular flexibility index (Phi) is 5.38. The molecule has 1 N–H and O–H groups in total. The maximum atomic E-state index is 13.9. The van der Waals surface area contributed by atoms with Crippen molar-refractivity contribution in [2.45, 2.75) is 19.4 Å². The summed E-state index contributed by atoms with van der Waals surface area (Å²) in [6.07, 6.45) is 2.61. The Labute approximate surface area is 149 Å². The lowest BCUT2D eigenvalue weighted by Gasteiger charge is -2.31. The molecule has 25 heavy (non-hydrogen) atoms. The third kappa shape index (κ3) is 4.02. The average molecular weight is 365 g/mol. The van der Waals surface area contributed by atoms with Crippen LogP contribution >= 0.6 is 11.6 Å². The minimum atomic E-state index is -0.629. The van der Waals surface area contributed by atoms with Gasteiger partial charge in [-0.2, -0.15) is 0 Å². The maximum Gasteiger partial charge on any atom is 0.258 e. The van der Waals surface area contributed by atoms with Crippen molar-refractivity contribution in [3.63, 3.8) is 0 Å². The van der Waals surface area contributed by atoms with Gasteiger partial charge in [0, 0.05) is 19.0 Å². The number of piperidine rings is 1. The molecule has 3 rings (SSSR count). The molecule has 0 unspecified atom stereocenters. The summed E-state index contributed by atoms with van der Waals surface area (Å²) in [5, 5.41) is 2.93. The number of likely N-dealkylation sites (tertiary alicyclic amines) is 1. The molecule has 1 aliphatic heterocycles. The van der Waals surface area contributed by atoms with E-state index < -0.39 is 11.7 Å². The van der Waals surface area contributed by atoms with Crippen LogP contribution in [-0.4, -0.2) is 29.8 Å². The van der Waals surface area contributed by atoms with Crippen molar-refractivity contribution in [1.82, 2.24) is 10.2 Å². The summed E-state index contributed by atoms with van der Waals surface area (Å²) in [5.41, 5.74) is -0.107. The number of amides is 2. The zero-order chi connectivity index (χ0) is 17.8. The highest BCUT2D eigenvalue weighted by atomic mass is 35.5. The molecular weight excluding hydrogens is 347 g/mol. The van der Waals surface area contributed by atoms with Gasteiger partial charge in [0.15, 0.2) is 0 Å². The second-order valence-corrected chi connectivity index (χ2v) is 6.37. The molecular formula is C18H18ClFN2O3. The highest BCUT2D eigenvalue weighted by Gasteiger charge is 2.29. The molecule has 5 nitrogen and oxygen atoms in total. The van der Waals surface area contributed by atoms with Crippen molar-refractivity contribution < 1.29 is 18.4 Å². The number of hydrogen-bond acceptors (Lipinski definition) is 3. The van der Waals surface area contributed by atoms with Gasteiger partial charge < -0.3 is 14.6 Å². The van der Waals surface area contributed by atoms with Gasteiger partial charge in [0.1, 0.15) is 11.6 Å². The second kappa shape index (κ2) is 7.70. The molecule has 0 atom stereocenters. The monoisotopic (exact) mass is 364 g/mol. The third-order valence-corrected chi connectivity index (χ3v) is 4.66. The van der Waals surface area contributed by atoms with Crippen molar-refractivity contribution in [2.75, 3.05) is 13.1 Å². The van der Waals surface area contributed by atoms with E-state index in [0.717, 1.165) is 0 Å². The number of carbonyl (C=O) groups excluding carboxylic acids is 2. The first-order chi connectivity index (χ1) is 12.1. The molecule has 0 spiro atoms. The van der Waals surface area contributed by atoms with Gasteiger partial charge in [0.2, 0.25) is 5.91 Å². The first-order valence-electron chi connectivity index (χ1n) is 8.09. The largest absolute Gasteiger partial charge is 0.467 e. The maximum absolute atomic E-state index is 13.9. The van der Waals surface area contributed by atoms with E-state index in [0.29, 0.717) is 38.2 Å². The van der Waals surface area contributed by atoms with E-state index in [1.807, 2.05) is 0 Å². The molecule has 0 aliphatic carbocycles. The van der Waals surface area contributed by atoms with Gasteiger partial charge in [-0.25, -0.2) is 4.39 Å². The van der Waals surface area contributed by atoms with Crippen molar-refractivity contribution in [3.8, 4) is 0 Å². The van der Waals surface area contributed by atoms with Crippen LogP contribution in [0.3, 0.4) is 0 Å². The summed E-state index contributed by atoms with van der Waals surface area (Å²) in [6, 6.07) is 7.73. The molecule has 1 aliphatic rings. The molecule has 132 valence electrons. The van der Waals surface area contributed by atoms with Crippen LogP contribution in [0, 0.1) is 11.7 Å². The quantitative estimate of drug-likeness (QED) is 0.905. The minimum Gasteiger partial charge on any atom is -0.467 e. The normalized spacial score (nSPS) is 15.2. The zero-order valence-electron chi connectivity index (χ0n) is 13.5. The number of nitrogens with one attached hydrogen (secondary N) is 1. The Morgan fingerprint density at radius 2 is 2.00 bits per heavy atom. The lowest BCUT2D eigenvalue weighted by molar-refractivity contribution is -0.126. The van der Waals surface area contributed by atoms with E-state index in [2.05, 4.69) is 5.32 Å². The van der Waals surface area contributed by atoms with Gasteiger partial charge in [0.25, 0.3) is 5.91 Å². The van der Waals surface area contributed by atoms with Gasteiger partial charge in [-0.15, -0.1) is 0 Å². The second-order valence-electron chi connectivity index (χ2n) is 5.96. The molecule has 1 saturated heterocycles. The van der Waals surface area contributed by atoms with Crippen molar-refractivity contribution in [2.24, 2.45) is 5.92 Å². The predicted molar refractivity (Wildman–Crippen MR) is 90.6 cm³/mol. The van der Waals surface area contributed by atoms with Crippen LogP contribution < -0.4 is 5.32 Å². The first-order valence-corrected chi connectivity index (χ1v) is 8.47. The highest BCUT2D eigenvalue weighted by Crippen LogP contribution is 2.24. The van der Waals surface area contributed by atoms with E-state index >= 15 is 0 Å². The Bertz CT molecular complexity index is 735.